The lowest BCUT2D eigenvalue weighted by Gasteiger charge is -2.17. The third-order valence-electron chi connectivity index (χ3n) is 2.57. The molecule has 1 unspecified atom stereocenters. The summed E-state index contributed by atoms with van der Waals surface area (Å²) >= 11 is 0. The molecule has 1 atom stereocenters. The molecule has 4 nitrogen and oxygen atoms in total. The van der Waals surface area contributed by atoms with Crippen molar-refractivity contribution in [3.05, 3.63) is 39.9 Å². The molecule has 86 valence electrons. The molecule has 0 heterocycles. The van der Waals surface area contributed by atoms with E-state index in [2.05, 4.69) is 0 Å². The van der Waals surface area contributed by atoms with Crippen LogP contribution in [0.3, 0.4) is 0 Å². The Bertz CT molecular complexity index is 412. The van der Waals surface area contributed by atoms with Gasteiger partial charge in [-0.2, -0.15) is 0 Å². The number of nitro benzene ring substituents is 1. The van der Waals surface area contributed by atoms with Gasteiger partial charge in [0, 0.05) is 11.6 Å². The zero-order chi connectivity index (χ0) is 12.3. The monoisotopic (exact) mass is 221 g/mol. The number of para-hydroxylation sites is 1. The summed E-state index contributed by atoms with van der Waals surface area (Å²) in [6.45, 7) is 5.26. The lowest BCUT2D eigenvalue weighted by Crippen LogP contribution is -2.16. The van der Waals surface area contributed by atoms with Crippen LogP contribution in [0, 0.1) is 16.0 Å². The van der Waals surface area contributed by atoms with Gasteiger partial charge in [0.05, 0.1) is 10.8 Å². The Hall–Kier alpha value is -1.71. The first-order valence-corrected chi connectivity index (χ1v) is 5.19. The maximum atomic E-state index is 11.5. The summed E-state index contributed by atoms with van der Waals surface area (Å²) in [5, 5.41) is 10.9. The molecule has 4 heteroatoms. The minimum Gasteiger partial charge on any atom is -0.299 e. The zero-order valence-corrected chi connectivity index (χ0v) is 9.64. The Labute approximate surface area is 94.4 Å². The quantitative estimate of drug-likeness (QED) is 0.580. The van der Waals surface area contributed by atoms with Crippen LogP contribution in [-0.2, 0) is 4.79 Å². The Morgan fingerprint density at radius 3 is 2.31 bits per heavy atom. The van der Waals surface area contributed by atoms with Gasteiger partial charge in [0.1, 0.15) is 5.78 Å². The van der Waals surface area contributed by atoms with Crippen molar-refractivity contribution >= 4 is 11.5 Å². The van der Waals surface area contributed by atoms with Crippen molar-refractivity contribution in [2.45, 2.75) is 26.7 Å². The standard InChI is InChI=1S/C12H15NO3/c1-8(2)12(9(3)14)10-6-4-5-7-11(10)13(15)16/h4-8,12H,1-3H3. The number of nitrogens with zero attached hydrogens (tertiary/aromatic N) is 1. The number of carbonyl (C=O) groups is 1. The fourth-order valence-corrected chi connectivity index (χ4v) is 1.96. The molecule has 16 heavy (non-hydrogen) atoms. The van der Waals surface area contributed by atoms with Gasteiger partial charge in [-0.25, -0.2) is 0 Å². The van der Waals surface area contributed by atoms with Crippen LogP contribution in [0.15, 0.2) is 24.3 Å². The lowest BCUT2D eigenvalue weighted by atomic mass is 9.84. The predicted octanol–water partition coefficient (Wildman–Crippen LogP) is 2.92. The van der Waals surface area contributed by atoms with Crippen LogP contribution in [0.25, 0.3) is 0 Å². The zero-order valence-electron chi connectivity index (χ0n) is 9.64. The predicted molar refractivity (Wildman–Crippen MR) is 61.4 cm³/mol. The molecule has 0 bridgehead atoms. The second-order valence-corrected chi connectivity index (χ2v) is 4.15. The van der Waals surface area contributed by atoms with E-state index in [-0.39, 0.29) is 17.4 Å². The van der Waals surface area contributed by atoms with Crippen LogP contribution < -0.4 is 0 Å². The van der Waals surface area contributed by atoms with Crippen molar-refractivity contribution < 1.29 is 9.72 Å². The maximum absolute atomic E-state index is 11.5. The van der Waals surface area contributed by atoms with E-state index in [1.807, 2.05) is 13.8 Å². The molecular weight excluding hydrogens is 206 g/mol. The average Bonchev–Trinajstić information content (AvgIpc) is 2.17. The first-order chi connectivity index (χ1) is 7.45. The summed E-state index contributed by atoms with van der Waals surface area (Å²) in [7, 11) is 0. The highest BCUT2D eigenvalue weighted by Crippen LogP contribution is 2.32. The smallest absolute Gasteiger partial charge is 0.273 e. The van der Waals surface area contributed by atoms with E-state index in [1.54, 1.807) is 18.2 Å². The molecular formula is C12H15NO3. The van der Waals surface area contributed by atoms with E-state index in [1.165, 1.54) is 13.0 Å². The van der Waals surface area contributed by atoms with Gasteiger partial charge in [-0.3, -0.25) is 14.9 Å². The Morgan fingerprint density at radius 1 is 1.31 bits per heavy atom. The number of carbonyl (C=O) groups excluding carboxylic acids is 1. The number of hydrogen-bond acceptors (Lipinski definition) is 3. The van der Waals surface area contributed by atoms with Crippen molar-refractivity contribution in [3.8, 4) is 0 Å². The average molecular weight is 221 g/mol. The van der Waals surface area contributed by atoms with Gasteiger partial charge < -0.3 is 0 Å². The maximum Gasteiger partial charge on any atom is 0.273 e. The van der Waals surface area contributed by atoms with Crippen molar-refractivity contribution in [2.24, 2.45) is 5.92 Å². The molecule has 0 N–H and O–H groups in total. The summed E-state index contributed by atoms with van der Waals surface area (Å²) in [4.78, 5) is 22.0. The number of rotatable bonds is 4. The molecule has 0 aliphatic carbocycles. The molecule has 0 radical (unpaired) electrons. The Morgan fingerprint density at radius 2 is 1.88 bits per heavy atom. The molecule has 0 aromatic heterocycles. The van der Waals surface area contributed by atoms with Crippen LogP contribution >= 0.6 is 0 Å². The SMILES string of the molecule is CC(=O)C(c1ccccc1[N+](=O)[O-])C(C)C. The highest BCUT2D eigenvalue weighted by molar-refractivity contribution is 5.84. The van der Waals surface area contributed by atoms with E-state index < -0.39 is 10.8 Å². The van der Waals surface area contributed by atoms with Gasteiger partial charge in [0.2, 0.25) is 0 Å². The normalized spacial score (nSPS) is 12.5. The van der Waals surface area contributed by atoms with E-state index in [9.17, 15) is 14.9 Å². The lowest BCUT2D eigenvalue weighted by molar-refractivity contribution is -0.385. The number of hydrogen-bond donors (Lipinski definition) is 0. The fourth-order valence-electron chi connectivity index (χ4n) is 1.96. The molecule has 0 aliphatic heterocycles. The number of Topliss-reactive ketones (excluding diaryl/α,β-unsaturated/α-hetero) is 1. The molecule has 0 amide bonds. The summed E-state index contributed by atoms with van der Waals surface area (Å²) in [6.07, 6.45) is 0. The Kier molecular flexibility index (Phi) is 3.77. The van der Waals surface area contributed by atoms with Crippen molar-refractivity contribution in [3.63, 3.8) is 0 Å². The highest BCUT2D eigenvalue weighted by atomic mass is 16.6. The second-order valence-electron chi connectivity index (χ2n) is 4.15. The molecule has 0 saturated carbocycles. The molecule has 0 fully saturated rings. The molecule has 0 saturated heterocycles. The van der Waals surface area contributed by atoms with Gasteiger partial charge in [-0.05, 0) is 12.8 Å². The van der Waals surface area contributed by atoms with Crippen molar-refractivity contribution in [2.75, 3.05) is 0 Å². The highest BCUT2D eigenvalue weighted by Gasteiger charge is 2.27. The van der Waals surface area contributed by atoms with E-state index >= 15 is 0 Å². The van der Waals surface area contributed by atoms with Gasteiger partial charge in [-0.1, -0.05) is 32.0 Å². The Balaban J connectivity index is 3.29. The topological polar surface area (TPSA) is 60.2 Å². The first-order valence-electron chi connectivity index (χ1n) is 5.19. The second kappa shape index (κ2) is 4.88. The van der Waals surface area contributed by atoms with Gasteiger partial charge in [0.25, 0.3) is 5.69 Å². The van der Waals surface area contributed by atoms with Crippen LogP contribution in [0.1, 0.15) is 32.3 Å². The third kappa shape index (κ3) is 2.45. The first kappa shape index (κ1) is 12.4. The van der Waals surface area contributed by atoms with E-state index in [0.29, 0.717) is 5.56 Å². The summed E-state index contributed by atoms with van der Waals surface area (Å²) in [5.41, 5.74) is 0.534. The minimum absolute atomic E-state index is 0.0244. The molecule has 1 rings (SSSR count). The molecule has 0 spiro atoms. The van der Waals surface area contributed by atoms with Gasteiger partial charge >= 0.3 is 0 Å². The third-order valence-corrected chi connectivity index (χ3v) is 2.57. The number of benzene rings is 1. The van der Waals surface area contributed by atoms with Crippen molar-refractivity contribution in [1.82, 2.24) is 0 Å². The molecule has 1 aromatic rings. The molecule has 1 aromatic carbocycles. The van der Waals surface area contributed by atoms with Crippen LogP contribution in [0.2, 0.25) is 0 Å². The summed E-state index contributed by atoms with van der Waals surface area (Å²) in [6, 6.07) is 6.43. The minimum atomic E-state index is -0.437. The van der Waals surface area contributed by atoms with Gasteiger partial charge in [-0.15, -0.1) is 0 Å². The summed E-state index contributed by atoms with van der Waals surface area (Å²) in [5.74, 6) is -0.385. The molecule has 0 aliphatic rings. The van der Waals surface area contributed by atoms with Crippen LogP contribution in [0.4, 0.5) is 5.69 Å². The van der Waals surface area contributed by atoms with E-state index in [0.717, 1.165) is 0 Å². The largest absolute Gasteiger partial charge is 0.299 e. The van der Waals surface area contributed by atoms with Gasteiger partial charge in [0.15, 0.2) is 0 Å². The van der Waals surface area contributed by atoms with E-state index in [4.69, 9.17) is 0 Å². The van der Waals surface area contributed by atoms with Crippen LogP contribution in [0.5, 0.6) is 0 Å². The number of nitro groups is 1. The fraction of sp³-hybridized carbons (Fsp3) is 0.417. The summed E-state index contributed by atoms with van der Waals surface area (Å²) < 4.78 is 0. The van der Waals surface area contributed by atoms with Crippen LogP contribution in [-0.4, -0.2) is 10.7 Å². The van der Waals surface area contributed by atoms with Crippen molar-refractivity contribution in [1.29, 1.82) is 0 Å². The number of ketones is 1.